The highest BCUT2D eigenvalue weighted by Crippen LogP contribution is 2.25. The maximum absolute atomic E-state index is 12.1. The van der Waals surface area contributed by atoms with E-state index in [4.69, 9.17) is 9.84 Å². The number of ether oxygens (including phenoxy) is 1. The summed E-state index contributed by atoms with van der Waals surface area (Å²) in [7, 11) is 0. The third-order valence-corrected chi connectivity index (χ3v) is 7.74. The number of unbranched alkanes of at least 4 members (excludes halogenated alkanes) is 10. The van der Waals surface area contributed by atoms with Crippen LogP contribution in [0.3, 0.4) is 0 Å². The number of allylic oxidation sites excluding steroid dienone is 2. The topological polar surface area (TPSA) is 101 Å². The molecule has 0 aliphatic carbocycles. The van der Waals surface area contributed by atoms with Crippen LogP contribution >= 0.6 is 0 Å². The number of hydrogen-bond donors (Lipinski definition) is 2. The van der Waals surface area contributed by atoms with Gasteiger partial charge in [0.05, 0.1) is 12.5 Å². The first-order valence-electron chi connectivity index (χ1n) is 16.1. The summed E-state index contributed by atoms with van der Waals surface area (Å²) in [6.45, 7) is 7.11. The van der Waals surface area contributed by atoms with Gasteiger partial charge in [0.25, 0.3) is 0 Å². The standard InChI is InChI=1S/C33H60O6/c1-4-7-9-10-11-13-16-21-29(26-30(33(37)38)23-19-24-31(34)35)22-17-14-12-15-18-25-32(36)39-27-28(6-3)20-8-5-2/h16,21,28-30H,4-15,17-20,22-27H2,1-3H3,(H,34,35)(H,37,38)/b21-16+. The van der Waals surface area contributed by atoms with Crippen LogP contribution in [0, 0.1) is 17.8 Å². The Morgan fingerprint density at radius 1 is 0.718 bits per heavy atom. The third-order valence-electron chi connectivity index (χ3n) is 7.74. The van der Waals surface area contributed by atoms with Crippen LogP contribution < -0.4 is 0 Å². The van der Waals surface area contributed by atoms with Crippen LogP contribution in [-0.4, -0.2) is 34.7 Å². The molecule has 6 nitrogen and oxygen atoms in total. The number of carboxylic acid groups (broad SMARTS) is 2. The van der Waals surface area contributed by atoms with Crippen molar-refractivity contribution >= 4 is 17.9 Å². The molecule has 0 saturated heterocycles. The van der Waals surface area contributed by atoms with E-state index < -0.39 is 17.9 Å². The van der Waals surface area contributed by atoms with E-state index in [0.717, 1.165) is 57.8 Å². The fourth-order valence-electron chi connectivity index (χ4n) is 5.04. The molecule has 3 atom stereocenters. The minimum atomic E-state index is -0.871. The van der Waals surface area contributed by atoms with Crippen molar-refractivity contribution in [1.82, 2.24) is 0 Å². The van der Waals surface area contributed by atoms with Crippen LogP contribution in [0.4, 0.5) is 0 Å². The van der Waals surface area contributed by atoms with Crippen molar-refractivity contribution in [1.29, 1.82) is 0 Å². The van der Waals surface area contributed by atoms with Gasteiger partial charge in [-0.3, -0.25) is 14.4 Å². The Bertz CT molecular complexity index is 644. The molecule has 0 aromatic heterocycles. The summed E-state index contributed by atoms with van der Waals surface area (Å²) in [5, 5.41) is 18.6. The van der Waals surface area contributed by atoms with E-state index in [1.54, 1.807) is 0 Å². The second-order valence-electron chi connectivity index (χ2n) is 11.4. The van der Waals surface area contributed by atoms with Crippen LogP contribution in [0.2, 0.25) is 0 Å². The first-order valence-corrected chi connectivity index (χ1v) is 16.1. The number of carbonyl (C=O) groups is 3. The minimum Gasteiger partial charge on any atom is -0.481 e. The van der Waals surface area contributed by atoms with E-state index in [-0.39, 0.29) is 18.3 Å². The van der Waals surface area contributed by atoms with Gasteiger partial charge < -0.3 is 14.9 Å². The molecule has 0 bridgehead atoms. The number of rotatable bonds is 28. The monoisotopic (exact) mass is 552 g/mol. The van der Waals surface area contributed by atoms with Crippen molar-refractivity contribution in [3.8, 4) is 0 Å². The van der Waals surface area contributed by atoms with Crippen LogP contribution in [0.25, 0.3) is 0 Å². The van der Waals surface area contributed by atoms with Crippen LogP contribution in [0.1, 0.15) is 156 Å². The molecule has 39 heavy (non-hydrogen) atoms. The molecule has 0 saturated carbocycles. The molecule has 228 valence electrons. The zero-order valence-electron chi connectivity index (χ0n) is 25.5. The molecule has 0 amide bonds. The van der Waals surface area contributed by atoms with Gasteiger partial charge in [-0.25, -0.2) is 0 Å². The Morgan fingerprint density at radius 3 is 2.05 bits per heavy atom. The fourth-order valence-corrected chi connectivity index (χ4v) is 5.04. The van der Waals surface area contributed by atoms with Gasteiger partial charge in [0, 0.05) is 12.8 Å². The van der Waals surface area contributed by atoms with Gasteiger partial charge in [0.2, 0.25) is 0 Å². The van der Waals surface area contributed by atoms with Crippen molar-refractivity contribution in [3.63, 3.8) is 0 Å². The van der Waals surface area contributed by atoms with Gasteiger partial charge >= 0.3 is 17.9 Å². The van der Waals surface area contributed by atoms with Gasteiger partial charge in [0.1, 0.15) is 0 Å². The van der Waals surface area contributed by atoms with Crippen LogP contribution in [0.15, 0.2) is 12.2 Å². The molecule has 6 heteroatoms. The van der Waals surface area contributed by atoms with E-state index in [0.29, 0.717) is 38.2 Å². The quantitative estimate of drug-likeness (QED) is 0.0569. The van der Waals surface area contributed by atoms with Gasteiger partial charge in [-0.05, 0) is 63.2 Å². The van der Waals surface area contributed by atoms with Gasteiger partial charge in [-0.15, -0.1) is 0 Å². The number of carboxylic acids is 2. The zero-order valence-corrected chi connectivity index (χ0v) is 25.5. The molecule has 0 rings (SSSR count). The summed E-state index contributed by atoms with van der Waals surface area (Å²) in [6.07, 6.45) is 24.1. The molecule has 2 N–H and O–H groups in total. The lowest BCUT2D eigenvalue weighted by Crippen LogP contribution is -2.18. The lowest BCUT2D eigenvalue weighted by Gasteiger charge is -2.18. The van der Waals surface area contributed by atoms with E-state index in [9.17, 15) is 19.5 Å². The van der Waals surface area contributed by atoms with Crippen molar-refractivity contribution < 1.29 is 29.3 Å². The van der Waals surface area contributed by atoms with E-state index in [1.807, 2.05) is 0 Å². The zero-order chi connectivity index (χ0) is 29.1. The second kappa shape index (κ2) is 26.4. The SMILES string of the molecule is CCCCCCC/C=C/C(CCCCCCCC(=O)OCC(CC)CCCC)CC(CCCC(=O)O)C(=O)O. The molecular weight excluding hydrogens is 492 g/mol. The van der Waals surface area contributed by atoms with E-state index >= 15 is 0 Å². The number of hydrogen-bond acceptors (Lipinski definition) is 4. The smallest absolute Gasteiger partial charge is 0.306 e. The average Bonchev–Trinajstić information content (AvgIpc) is 2.90. The molecule has 0 aliphatic rings. The van der Waals surface area contributed by atoms with Crippen LogP contribution in [-0.2, 0) is 19.1 Å². The average molecular weight is 553 g/mol. The van der Waals surface area contributed by atoms with E-state index in [2.05, 4.69) is 32.9 Å². The largest absolute Gasteiger partial charge is 0.481 e. The molecule has 0 radical (unpaired) electrons. The van der Waals surface area contributed by atoms with Gasteiger partial charge in [-0.1, -0.05) is 104 Å². The van der Waals surface area contributed by atoms with Crippen molar-refractivity contribution in [2.24, 2.45) is 17.8 Å². The lowest BCUT2D eigenvalue weighted by molar-refractivity contribution is -0.145. The summed E-state index contributed by atoms with van der Waals surface area (Å²) >= 11 is 0. The second-order valence-corrected chi connectivity index (χ2v) is 11.4. The van der Waals surface area contributed by atoms with Gasteiger partial charge in [-0.2, -0.15) is 0 Å². The molecule has 0 spiro atoms. The summed E-state index contributed by atoms with van der Waals surface area (Å²) < 4.78 is 5.50. The Hall–Kier alpha value is -1.85. The Labute approximate surface area is 239 Å². The minimum absolute atomic E-state index is 0.0215. The molecule has 0 aliphatic heterocycles. The highest BCUT2D eigenvalue weighted by molar-refractivity contribution is 5.70. The first-order chi connectivity index (χ1) is 18.8. The fraction of sp³-hybridized carbons (Fsp3) is 0.848. The van der Waals surface area contributed by atoms with Crippen molar-refractivity contribution in [2.75, 3.05) is 6.61 Å². The van der Waals surface area contributed by atoms with Gasteiger partial charge in [0.15, 0.2) is 0 Å². The summed E-state index contributed by atoms with van der Waals surface area (Å²) in [4.78, 5) is 34.8. The molecule has 0 fully saturated rings. The highest BCUT2D eigenvalue weighted by atomic mass is 16.5. The Morgan fingerprint density at radius 2 is 1.38 bits per heavy atom. The molecule has 3 unspecified atom stereocenters. The number of esters is 1. The molecule has 0 aromatic rings. The molecule has 0 heterocycles. The van der Waals surface area contributed by atoms with E-state index in [1.165, 1.54) is 44.9 Å². The van der Waals surface area contributed by atoms with Crippen LogP contribution in [0.5, 0.6) is 0 Å². The maximum atomic E-state index is 12.1. The van der Waals surface area contributed by atoms with Crippen molar-refractivity contribution in [3.05, 3.63) is 12.2 Å². The summed E-state index contributed by atoms with van der Waals surface area (Å²) in [5.74, 6) is -1.57. The number of aliphatic carboxylic acids is 2. The molecule has 0 aromatic carbocycles. The maximum Gasteiger partial charge on any atom is 0.306 e. The summed E-state index contributed by atoms with van der Waals surface area (Å²) in [5.41, 5.74) is 0. The first kappa shape index (κ1) is 37.1. The number of carbonyl (C=O) groups excluding carboxylic acids is 1. The lowest BCUT2D eigenvalue weighted by atomic mass is 9.86. The highest BCUT2D eigenvalue weighted by Gasteiger charge is 2.21. The predicted molar refractivity (Wildman–Crippen MR) is 160 cm³/mol. The Balaban J connectivity index is 4.44. The summed E-state index contributed by atoms with van der Waals surface area (Å²) in [6, 6.07) is 0. The molecular formula is C33H60O6. The Kier molecular flexibility index (Phi) is 25.1. The predicted octanol–water partition coefficient (Wildman–Crippen LogP) is 9.36. The van der Waals surface area contributed by atoms with Crippen molar-refractivity contribution in [2.45, 2.75) is 156 Å². The normalized spacial score (nSPS) is 13.8. The third kappa shape index (κ3) is 23.7.